The zero-order valence-corrected chi connectivity index (χ0v) is 18.6. The minimum atomic E-state index is -0.498. The van der Waals surface area contributed by atoms with Crippen LogP contribution in [-0.2, 0) is 9.59 Å². The van der Waals surface area contributed by atoms with Gasteiger partial charge in [-0.1, -0.05) is 32.1 Å². The van der Waals surface area contributed by atoms with Crippen LogP contribution in [0.3, 0.4) is 0 Å². The Morgan fingerprint density at radius 3 is 2.32 bits per heavy atom. The third-order valence-corrected chi connectivity index (χ3v) is 5.13. The first-order chi connectivity index (χ1) is 14.9. The van der Waals surface area contributed by atoms with Gasteiger partial charge in [0.05, 0.1) is 7.11 Å². The highest BCUT2D eigenvalue weighted by atomic mass is 16.6. The molecule has 164 valence electrons. The topological polar surface area (TPSA) is 71.1 Å². The van der Waals surface area contributed by atoms with Crippen LogP contribution in [0.25, 0.3) is 6.08 Å². The van der Waals surface area contributed by atoms with Crippen molar-refractivity contribution in [3.63, 3.8) is 0 Å². The highest BCUT2D eigenvalue weighted by molar-refractivity contribution is 5.74. The molecule has 1 aliphatic heterocycles. The molecule has 1 aliphatic rings. The van der Waals surface area contributed by atoms with Gasteiger partial charge in [0.15, 0.2) is 23.0 Å². The van der Waals surface area contributed by atoms with Gasteiger partial charge in [-0.05, 0) is 48.2 Å². The summed E-state index contributed by atoms with van der Waals surface area (Å²) in [6, 6.07) is 9.26. The number of fused-ring (bicyclic) bond motifs is 1. The monoisotopic (exact) mass is 424 g/mol. The molecule has 0 spiro atoms. The van der Waals surface area contributed by atoms with Crippen molar-refractivity contribution in [2.75, 3.05) is 7.11 Å². The van der Waals surface area contributed by atoms with Crippen LogP contribution >= 0.6 is 0 Å². The van der Waals surface area contributed by atoms with Crippen LogP contribution in [0.2, 0.25) is 0 Å². The summed E-state index contributed by atoms with van der Waals surface area (Å²) in [5.41, 5.74) is 2.97. The summed E-state index contributed by atoms with van der Waals surface area (Å²) in [7, 11) is 1.63. The summed E-state index contributed by atoms with van der Waals surface area (Å²) in [4.78, 5) is 23.0. The molecule has 0 bridgehead atoms. The van der Waals surface area contributed by atoms with Gasteiger partial charge in [-0.25, -0.2) is 0 Å². The maximum atomic E-state index is 11.6. The van der Waals surface area contributed by atoms with Crippen molar-refractivity contribution in [2.24, 2.45) is 0 Å². The van der Waals surface area contributed by atoms with Crippen LogP contribution in [0.15, 0.2) is 36.4 Å². The first-order valence-electron chi connectivity index (χ1n) is 10.4. The van der Waals surface area contributed by atoms with Crippen LogP contribution in [0.5, 0.6) is 23.0 Å². The van der Waals surface area contributed by atoms with Gasteiger partial charge in [0.2, 0.25) is 0 Å². The highest BCUT2D eigenvalue weighted by Crippen LogP contribution is 2.52. The molecule has 0 N–H and O–H groups in total. The number of carbonyl (C=O) groups excluding carboxylic acids is 2. The standard InChI is InChI=1S/C25H28O6/c1-6-8-9-17-12-20-19(7-2)24(31-25(20)23(13-17)28-5)18-10-11-21(29-15(3)26)22(14-18)30-16(4)27/h8-14,19,24H,6-7H2,1-5H3. The van der Waals surface area contributed by atoms with E-state index in [0.717, 1.165) is 35.3 Å². The summed E-state index contributed by atoms with van der Waals surface area (Å²) >= 11 is 0. The summed E-state index contributed by atoms with van der Waals surface area (Å²) < 4.78 is 22.4. The number of methoxy groups -OCH3 is 1. The molecular weight excluding hydrogens is 396 g/mol. The highest BCUT2D eigenvalue weighted by Gasteiger charge is 2.37. The Morgan fingerprint density at radius 2 is 1.71 bits per heavy atom. The van der Waals surface area contributed by atoms with Crippen molar-refractivity contribution in [3.8, 4) is 23.0 Å². The van der Waals surface area contributed by atoms with Crippen molar-refractivity contribution < 1.29 is 28.5 Å². The Balaban J connectivity index is 2.03. The summed E-state index contributed by atoms with van der Waals surface area (Å²) in [6.07, 6.45) is 5.68. The smallest absolute Gasteiger partial charge is 0.308 e. The number of allylic oxidation sites excluding steroid dienone is 1. The molecule has 3 rings (SSSR count). The molecule has 31 heavy (non-hydrogen) atoms. The lowest BCUT2D eigenvalue weighted by molar-refractivity contribution is -0.134. The third-order valence-electron chi connectivity index (χ3n) is 5.13. The van der Waals surface area contributed by atoms with Gasteiger partial charge in [0.25, 0.3) is 0 Å². The first-order valence-corrected chi connectivity index (χ1v) is 10.4. The summed E-state index contributed by atoms with van der Waals surface area (Å²) in [6.45, 7) is 6.80. The average Bonchev–Trinajstić information content (AvgIpc) is 3.10. The number of esters is 2. The largest absolute Gasteiger partial charge is 0.493 e. The molecule has 1 heterocycles. The van der Waals surface area contributed by atoms with Gasteiger partial charge in [-0.3, -0.25) is 9.59 Å². The van der Waals surface area contributed by atoms with E-state index in [4.69, 9.17) is 18.9 Å². The Kier molecular flexibility index (Phi) is 7.00. The fraction of sp³-hybridized carbons (Fsp3) is 0.360. The quantitative estimate of drug-likeness (QED) is 0.426. The molecule has 2 atom stereocenters. The molecule has 0 saturated carbocycles. The van der Waals surface area contributed by atoms with Crippen LogP contribution in [0.1, 0.15) is 69.2 Å². The van der Waals surface area contributed by atoms with E-state index in [1.165, 1.54) is 13.8 Å². The van der Waals surface area contributed by atoms with Gasteiger partial charge in [0.1, 0.15) is 6.10 Å². The molecule has 0 aromatic heterocycles. The fourth-order valence-electron chi connectivity index (χ4n) is 3.83. The number of carbonyl (C=O) groups is 2. The van der Waals surface area contributed by atoms with E-state index < -0.39 is 11.9 Å². The summed E-state index contributed by atoms with van der Waals surface area (Å²) in [5, 5.41) is 0. The van der Waals surface area contributed by atoms with Gasteiger partial charge < -0.3 is 18.9 Å². The maximum Gasteiger partial charge on any atom is 0.308 e. The van der Waals surface area contributed by atoms with E-state index in [1.54, 1.807) is 19.2 Å². The van der Waals surface area contributed by atoms with Crippen molar-refractivity contribution in [2.45, 2.75) is 52.6 Å². The van der Waals surface area contributed by atoms with Crippen molar-refractivity contribution in [1.82, 2.24) is 0 Å². The summed E-state index contributed by atoms with van der Waals surface area (Å²) in [5.74, 6) is 0.894. The number of hydrogen-bond donors (Lipinski definition) is 0. The molecule has 6 nitrogen and oxygen atoms in total. The average molecular weight is 424 g/mol. The molecule has 0 amide bonds. The minimum absolute atomic E-state index is 0.0867. The number of hydrogen-bond acceptors (Lipinski definition) is 6. The lowest BCUT2D eigenvalue weighted by Gasteiger charge is -2.19. The SMILES string of the molecule is CCC=Cc1cc(OC)c2c(c1)C(CC)C(c1ccc(OC(C)=O)c(OC(C)=O)c1)O2. The zero-order valence-electron chi connectivity index (χ0n) is 18.6. The first kappa shape index (κ1) is 22.4. The Hall–Kier alpha value is -3.28. The predicted molar refractivity (Wildman–Crippen MR) is 118 cm³/mol. The van der Waals surface area contributed by atoms with Gasteiger partial charge in [-0.2, -0.15) is 0 Å². The fourth-order valence-corrected chi connectivity index (χ4v) is 3.83. The van der Waals surface area contributed by atoms with Crippen molar-refractivity contribution in [1.29, 1.82) is 0 Å². The van der Waals surface area contributed by atoms with Crippen LogP contribution in [0, 0.1) is 0 Å². The van der Waals surface area contributed by atoms with Crippen LogP contribution in [-0.4, -0.2) is 19.0 Å². The van der Waals surface area contributed by atoms with E-state index in [2.05, 4.69) is 32.1 Å². The number of benzene rings is 2. The normalized spacial score (nSPS) is 17.2. The van der Waals surface area contributed by atoms with Gasteiger partial charge in [-0.15, -0.1) is 0 Å². The Bertz CT molecular complexity index is 1010. The van der Waals surface area contributed by atoms with E-state index in [9.17, 15) is 9.59 Å². The Morgan fingerprint density at radius 1 is 1.00 bits per heavy atom. The third kappa shape index (κ3) is 4.90. The molecular formula is C25H28O6. The lowest BCUT2D eigenvalue weighted by Crippen LogP contribution is -2.12. The molecule has 2 aromatic rings. The van der Waals surface area contributed by atoms with E-state index in [1.807, 2.05) is 12.1 Å². The van der Waals surface area contributed by atoms with E-state index in [-0.39, 0.29) is 23.5 Å². The molecule has 6 heteroatoms. The lowest BCUT2D eigenvalue weighted by atomic mass is 9.88. The van der Waals surface area contributed by atoms with Gasteiger partial charge >= 0.3 is 11.9 Å². The molecule has 0 radical (unpaired) electrons. The number of rotatable bonds is 7. The van der Waals surface area contributed by atoms with Crippen molar-refractivity contribution in [3.05, 3.63) is 53.1 Å². The van der Waals surface area contributed by atoms with E-state index >= 15 is 0 Å². The number of ether oxygens (including phenoxy) is 4. The van der Waals surface area contributed by atoms with Crippen molar-refractivity contribution >= 4 is 18.0 Å². The molecule has 0 saturated heterocycles. The second-order valence-corrected chi connectivity index (χ2v) is 7.40. The molecule has 2 aromatic carbocycles. The second-order valence-electron chi connectivity index (χ2n) is 7.40. The maximum absolute atomic E-state index is 11.6. The minimum Gasteiger partial charge on any atom is -0.493 e. The second kappa shape index (κ2) is 9.69. The molecule has 0 aliphatic carbocycles. The Labute approximate surface area is 182 Å². The van der Waals surface area contributed by atoms with E-state index in [0.29, 0.717) is 5.75 Å². The van der Waals surface area contributed by atoms with Gasteiger partial charge in [0, 0.05) is 25.3 Å². The predicted octanol–water partition coefficient (Wildman–Crippen LogP) is 5.60. The van der Waals surface area contributed by atoms with Crippen LogP contribution < -0.4 is 18.9 Å². The van der Waals surface area contributed by atoms with Crippen LogP contribution in [0.4, 0.5) is 0 Å². The zero-order chi connectivity index (χ0) is 22.5. The molecule has 0 fully saturated rings. The molecule has 2 unspecified atom stereocenters.